The van der Waals surface area contributed by atoms with Crippen LogP contribution in [0.1, 0.15) is 12.5 Å². The Balaban J connectivity index is 2.42. The van der Waals surface area contributed by atoms with Gasteiger partial charge in [-0.25, -0.2) is 4.68 Å². The third-order valence-electron chi connectivity index (χ3n) is 2.68. The zero-order valence-corrected chi connectivity index (χ0v) is 10.2. The minimum atomic E-state index is -4.73. The monoisotopic (exact) mass is 282 g/mol. The second-order valence-electron chi connectivity index (χ2n) is 4.64. The molecule has 0 radical (unpaired) electrons. The van der Waals surface area contributed by atoms with E-state index >= 15 is 0 Å². The minimum Gasteiger partial charge on any atom is -0.380 e. The summed E-state index contributed by atoms with van der Waals surface area (Å²) in [6.07, 6.45) is -4.73. The van der Waals surface area contributed by atoms with Crippen LogP contribution in [0, 0.1) is 5.41 Å². The van der Waals surface area contributed by atoms with E-state index in [2.05, 4.69) is 5.10 Å². The van der Waals surface area contributed by atoms with Gasteiger partial charge in [0.05, 0.1) is 19.8 Å². The van der Waals surface area contributed by atoms with Gasteiger partial charge in [0.15, 0.2) is 0 Å². The Labute approximate surface area is 105 Å². The predicted molar refractivity (Wildman–Crippen MR) is 57.4 cm³/mol. The normalized spacial score (nSPS) is 18.5. The average Bonchev–Trinajstić information content (AvgIpc) is 2.19. The number of nitrogens with zero attached hydrogens (tertiary/aromatic N) is 2. The highest BCUT2D eigenvalue weighted by molar-refractivity contribution is 6.29. The molecule has 1 fully saturated rings. The van der Waals surface area contributed by atoms with Crippen LogP contribution in [-0.4, -0.2) is 23.0 Å². The first kappa shape index (κ1) is 13.4. The molecule has 0 spiro atoms. The van der Waals surface area contributed by atoms with Crippen molar-refractivity contribution in [2.75, 3.05) is 13.2 Å². The zero-order chi connectivity index (χ0) is 13.6. The molecule has 0 bridgehead atoms. The van der Waals surface area contributed by atoms with Crippen LogP contribution in [0.2, 0.25) is 5.15 Å². The molecule has 2 rings (SSSR count). The molecule has 1 aliphatic rings. The lowest BCUT2D eigenvalue weighted by Gasteiger charge is -2.37. The highest BCUT2D eigenvalue weighted by atomic mass is 35.5. The van der Waals surface area contributed by atoms with Gasteiger partial charge in [0, 0.05) is 5.41 Å². The van der Waals surface area contributed by atoms with Crippen LogP contribution >= 0.6 is 11.6 Å². The fraction of sp³-hybridized carbons (Fsp3) is 0.600. The van der Waals surface area contributed by atoms with Gasteiger partial charge in [-0.2, -0.15) is 18.3 Å². The summed E-state index contributed by atoms with van der Waals surface area (Å²) >= 11 is 5.52. The van der Waals surface area contributed by atoms with Crippen molar-refractivity contribution in [3.05, 3.63) is 27.1 Å². The highest BCUT2D eigenvalue weighted by Gasteiger charge is 2.38. The van der Waals surface area contributed by atoms with Gasteiger partial charge < -0.3 is 4.74 Å². The topological polar surface area (TPSA) is 44.1 Å². The van der Waals surface area contributed by atoms with Crippen molar-refractivity contribution >= 4 is 11.6 Å². The fourth-order valence-corrected chi connectivity index (χ4v) is 1.92. The van der Waals surface area contributed by atoms with Crippen molar-refractivity contribution in [1.29, 1.82) is 0 Å². The Morgan fingerprint density at radius 3 is 2.61 bits per heavy atom. The smallest absolute Gasteiger partial charge is 0.380 e. The van der Waals surface area contributed by atoms with Gasteiger partial charge in [-0.1, -0.05) is 18.5 Å². The van der Waals surface area contributed by atoms with Gasteiger partial charge >= 0.3 is 6.18 Å². The van der Waals surface area contributed by atoms with E-state index in [9.17, 15) is 18.0 Å². The number of alkyl halides is 3. The second-order valence-corrected chi connectivity index (χ2v) is 5.03. The molecule has 0 amide bonds. The van der Waals surface area contributed by atoms with Crippen molar-refractivity contribution in [1.82, 2.24) is 9.78 Å². The molecule has 0 atom stereocenters. The van der Waals surface area contributed by atoms with Gasteiger partial charge in [0.2, 0.25) is 0 Å². The maximum absolute atomic E-state index is 12.6. The maximum Gasteiger partial charge on any atom is 0.421 e. The molecule has 1 saturated heterocycles. The van der Waals surface area contributed by atoms with Gasteiger partial charge in [0.1, 0.15) is 10.7 Å². The van der Waals surface area contributed by atoms with Gasteiger partial charge in [-0.15, -0.1) is 0 Å². The lowest BCUT2D eigenvalue weighted by molar-refractivity contribution is -0.140. The van der Waals surface area contributed by atoms with Crippen molar-refractivity contribution in [2.45, 2.75) is 19.6 Å². The molecule has 0 saturated carbocycles. The molecule has 8 heteroatoms. The van der Waals surface area contributed by atoms with Gasteiger partial charge in [-0.05, 0) is 6.07 Å². The van der Waals surface area contributed by atoms with Crippen molar-refractivity contribution in [2.24, 2.45) is 5.41 Å². The quantitative estimate of drug-likeness (QED) is 0.833. The summed E-state index contributed by atoms with van der Waals surface area (Å²) in [6, 6.07) is 0.542. The number of rotatable bonds is 2. The molecule has 0 aliphatic carbocycles. The summed E-state index contributed by atoms with van der Waals surface area (Å²) in [7, 11) is 0. The van der Waals surface area contributed by atoms with Crippen molar-refractivity contribution in [3.8, 4) is 0 Å². The molecule has 18 heavy (non-hydrogen) atoms. The summed E-state index contributed by atoms with van der Waals surface area (Å²) in [6.45, 7) is 2.62. The molecule has 1 aromatic heterocycles. The molecule has 0 N–H and O–H groups in total. The molecule has 2 heterocycles. The second kappa shape index (κ2) is 4.24. The van der Waals surface area contributed by atoms with Crippen LogP contribution in [-0.2, 0) is 17.5 Å². The lowest BCUT2D eigenvalue weighted by atomic mass is 9.89. The van der Waals surface area contributed by atoms with E-state index in [1.54, 1.807) is 6.92 Å². The Hall–Kier alpha value is -1.08. The number of ether oxygens (including phenoxy) is 1. The van der Waals surface area contributed by atoms with E-state index in [0.29, 0.717) is 19.3 Å². The Kier molecular flexibility index (Phi) is 3.14. The predicted octanol–water partition coefficient (Wildman–Crippen LogP) is 1.95. The molecule has 0 aromatic carbocycles. The fourth-order valence-electron chi connectivity index (χ4n) is 1.72. The molecular formula is C10H10ClF3N2O2. The van der Waals surface area contributed by atoms with Gasteiger partial charge in [0.25, 0.3) is 5.56 Å². The van der Waals surface area contributed by atoms with Crippen LogP contribution in [0.25, 0.3) is 0 Å². The number of hydrogen-bond donors (Lipinski definition) is 0. The summed E-state index contributed by atoms with van der Waals surface area (Å²) in [5.74, 6) is 0. The number of aromatic nitrogens is 2. The average molecular weight is 283 g/mol. The Morgan fingerprint density at radius 1 is 1.56 bits per heavy atom. The van der Waals surface area contributed by atoms with E-state index in [0.717, 1.165) is 4.68 Å². The van der Waals surface area contributed by atoms with E-state index in [1.165, 1.54) is 0 Å². The third kappa shape index (κ3) is 2.51. The van der Waals surface area contributed by atoms with E-state index in [4.69, 9.17) is 16.3 Å². The minimum absolute atomic E-state index is 0.0511. The SMILES string of the molecule is CC1(Cn2nc(Cl)cc(C(F)(F)F)c2=O)COC1. The largest absolute Gasteiger partial charge is 0.421 e. The van der Waals surface area contributed by atoms with Crippen LogP contribution in [0.15, 0.2) is 10.9 Å². The van der Waals surface area contributed by atoms with Gasteiger partial charge in [-0.3, -0.25) is 4.79 Å². The summed E-state index contributed by atoms with van der Waals surface area (Å²) in [5, 5.41) is 3.27. The van der Waals surface area contributed by atoms with Crippen LogP contribution in [0.5, 0.6) is 0 Å². The van der Waals surface area contributed by atoms with Crippen molar-refractivity contribution < 1.29 is 17.9 Å². The first-order valence-corrected chi connectivity index (χ1v) is 5.52. The summed E-state index contributed by atoms with van der Waals surface area (Å²) in [5.41, 5.74) is -2.85. The van der Waals surface area contributed by atoms with Crippen LogP contribution in [0.3, 0.4) is 0 Å². The van der Waals surface area contributed by atoms with E-state index < -0.39 is 17.3 Å². The first-order chi connectivity index (χ1) is 8.21. The molecule has 0 unspecified atom stereocenters. The van der Waals surface area contributed by atoms with Crippen molar-refractivity contribution in [3.63, 3.8) is 0 Å². The van der Waals surface area contributed by atoms with E-state index in [-0.39, 0.29) is 17.1 Å². The molecule has 4 nitrogen and oxygen atoms in total. The maximum atomic E-state index is 12.6. The molecule has 1 aromatic rings. The zero-order valence-electron chi connectivity index (χ0n) is 9.42. The molecular weight excluding hydrogens is 273 g/mol. The lowest BCUT2D eigenvalue weighted by Crippen LogP contribution is -2.46. The summed E-state index contributed by atoms with van der Waals surface area (Å²) < 4.78 is 43.6. The third-order valence-corrected chi connectivity index (χ3v) is 2.87. The number of halogens is 4. The molecule has 1 aliphatic heterocycles. The Bertz CT molecular complexity index is 523. The number of hydrogen-bond acceptors (Lipinski definition) is 3. The highest BCUT2D eigenvalue weighted by Crippen LogP contribution is 2.30. The van der Waals surface area contributed by atoms with Crippen LogP contribution in [0.4, 0.5) is 13.2 Å². The van der Waals surface area contributed by atoms with E-state index in [1.807, 2.05) is 0 Å². The first-order valence-electron chi connectivity index (χ1n) is 5.14. The standard InChI is InChI=1S/C10H10ClF3N2O2/c1-9(4-18-5-9)3-16-8(17)6(10(12,13)14)2-7(11)15-16/h2H,3-5H2,1H3. The molecule has 100 valence electrons. The Morgan fingerprint density at radius 2 is 2.17 bits per heavy atom. The van der Waals surface area contributed by atoms with Crippen LogP contribution < -0.4 is 5.56 Å². The summed E-state index contributed by atoms with van der Waals surface area (Å²) in [4.78, 5) is 11.7.